The molecule has 0 aliphatic carbocycles. The Labute approximate surface area is 192 Å². The highest BCUT2D eigenvalue weighted by Gasteiger charge is 2.14. The van der Waals surface area contributed by atoms with Crippen LogP contribution in [0.3, 0.4) is 0 Å². The number of benzene rings is 4. The van der Waals surface area contributed by atoms with Crippen LogP contribution in [0.1, 0.15) is 11.1 Å². The lowest BCUT2D eigenvalue weighted by Crippen LogP contribution is -1.98. The topological polar surface area (TPSA) is 38.7 Å². The number of rotatable bonds is 6. The summed E-state index contributed by atoms with van der Waals surface area (Å²) >= 11 is 4.61. The van der Waals surface area contributed by atoms with E-state index in [4.69, 9.17) is 9.05 Å². The van der Waals surface area contributed by atoms with Gasteiger partial charge in [-0.15, -0.1) is 0 Å². The van der Waals surface area contributed by atoms with Gasteiger partial charge in [-0.25, -0.2) is 0 Å². The van der Waals surface area contributed by atoms with E-state index in [1.54, 1.807) is 0 Å². The normalized spacial score (nSPS) is 11.6. The molecule has 0 saturated carbocycles. The Morgan fingerprint density at radius 1 is 0.643 bits per heavy atom. The van der Waals surface area contributed by atoms with Crippen molar-refractivity contribution in [2.75, 3.05) is 0 Å². The first-order chi connectivity index (χ1) is 13.6. The van der Waals surface area contributed by atoms with Crippen molar-refractivity contribution in [2.45, 2.75) is 13.2 Å². The Balaban J connectivity index is 1.46. The molecule has 0 aliphatic heterocycles. The van der Waals surface area contributed by atoms with Gasteiger partial charge < -0.3 is 13.9 Å². The van der Waals surface area contributed by atoms with Crippen LogP contribution < -0.4 is 0 Å². The van der Waals surface area contributed by atoms with Gasteiger partial charge in [0.05, 0.1) is 13.2 Å². The van der Waals surface area contributed by atoms with Gasteiger partial charge in [0, 0.05) is 7.14 Å². The van der Waals surface area contributed by atoms with E-state index in [0.717, 1.165) is 39.8 Å². The molecular formula is C22H17I2O3P. The van der Waals surface area contributed by atoms with E-state index in [2.05, 4.69) is 93.7 Å². The molecule has 4 aromatic rings. The fraction of sp³-hybridized carbons (Fsp3) is 0.0909. The predicted molar refractivity (Wildman–Crippen MR) is 132 cm³/mol. The molecule has 142 valence electrons. The van der Waals surface area contributed by atoms with Crippen molar-refractivity contribution in [1.29, 1.82) is 0 Å². The van der Waals surface area contributed by atoms with Crippen molar-refractivity contribution in [2.24, 2.45) is 0 Å². The highest BCUT2D eigenvalue weighted by Crippen LogP contribution is 2.38. The van der Waals surface area contributed by atoms with Gasteiger partial charge in [0.15, 0.2) is 0 Å². The second kappa shape index (κ2) is 9.32. The Morgan fingerprint density at radius 3 is 1.54 bits per heavy atom. The van der Waals surface area contributed by atoms with E-state index in [1.807, 2.05) is 24.3 Å². The Bertz CT molecular complexity index is 1040. The van der Waals surface area contributed by atoms with E-state index >= 15 is 0 Å². The van der Waals surface area contributed by atoms with Gasteiger partial charge in [-0.2, -0.15) is 0 Å². The summed E-state index contributed by atoms with van der Waals surface area (Å²) in [6.45, 7) is 0.628. The number of fused-ring (bicyclic) bond motifs is 2. The van der Waals surface area contributed by atoms with Crippen LogP contribution in [0.4, 0.5) is 0 Å². The van der Waals surface area contributed by atoms with Gasteiger partial charge >= 0.3 is 8.60 Å². The van der Waals surface area contributed by atoms with Crippen LogP contribution in [0.25, 0.3) is 21.5 Å². The lowest BCUT2D eigenvalue weighted by molar-refractivity contribution is 0.187. The zero-order chi connectivity index (χ0) is 19.5. The molecule has 0 heterocycles. The summed E-state index contributed by atoms with van der Waals surface area (Å²) in [7, 11) is -1.97. The summed E-state index contributed by atoms with van der Waals surface area (Å²) in [6.07, 6.45) is 0. The third kappa shape index (κ3) is 4.50. The molecule has 0 radical (unpaired) electrons. The first-order valence-electron chi connectivity index (χ1n) is 8.70. The SMILES string of the molecule is OP(OCc1c(I)ccc2ccccc12)OCc1c(I)ccc2ccccc12. The lowest BCUT2D eigenvalue weighted by Gasteiger charge is -2.15. The van der Waals surface area contributed by atoms with E-state index in [-0.39, 0.29) is 0 Å². The summed E-state index contributed by atoms with van der Waals surface area (Å²) in [6, 6.07) is 24.7. The van der Waals surface area contributed by atoms with Crippen LogP contribution in [-0.2, 0) is 22.3 Å². The molecule has 0 aliphatic rings. The predicted octanol–water partition coefficient (Wildman–Crippen LogP) is 7.15. The van der Waals surface area contributed by atoms with Crippen molar-refractivity contribution < 1.29 is 13.9 Å². The van der Waals surface area contributed by atoms with Crippen molar-refractivity contribution in [1.82, 2.24) is 0 Å². The second-order valence-corrected chi connectivity index (χ2v) is 9.60. The quantitative estimate of drug-likeness (QED) is 0.185. The molecule has 0 unspecified atom stereocenters. The second-order valence-electron chi connectivity index (χ2n) is 6.28. The molecule has 0 fully saturated rings. The molecule has 3 nitrogen and oxygen atoms in total. The number of hydrogen-bond acceptors (Lipinski definition) is 3. The summed E-state index contributed by atoms with van der Waals surface area (Å²) in [5, 5.41) is 4.60. The highest BCUT2D eigenvalue weighted by molar-refractivity contribution is 14.1. The third-order valence-corrected chi connectivity index (χ3v) is 7.33. The van der Waals surface area contributed by atoms with E-state index < -0.39 is 8.60 Å². The monoisotopic (exact) mass is 614 g/mol. The standard InChI is InChI=1S/C22H17I2O3P/c23-21-11-9-15-5-1-3-7-17(15)19(21)13-26-28(25)27-14-20-18-8-4-2-6-16(18)10-12-22(20)24/h1-12,25H,13-14H2. The maximum Gasteiger partial charge on any atom is 0.330 e. The molecule has 6 heteroatoms. The van der Waals surface area contributed by atoms with Crippen molar-refractivity contribution in [3.63, 3.8) is 0 Å². The molecule has 4 aromatic carbocycles. The molecule has 0 bridgehead atoms. The lowest BCUT2D eigenvalue weighted by atomic mass is 10.1. The van der Waals surface area contributed by atoms with Crippen LogP contribution in [0, 0.1) is 7.14 Å². The average Bonchev–Trinajstić information content (AvgIpc) is 2.72. The largest absolute Gasteiger partial charge is 0.330 e. The van der Waals surface area contributed by atoms with Crippen LogP contribution in [0.2, 0.25) is 0 Å². The van der Waals surface area contributed by atoms with E-state index in [0.29, 0.717) is 13.2 Å². The summed E-state index contributed by atoms with van der Waals surface area (Å²) in [4.78, 5) is 10.3. The van der Waals surface area contributed by atoms with E-state index in [9.17, 15) is 4.89 Å². The van der Waals surface area contributed by atoms with Crippen LogP contribution in [0.15, 0.2) is 72.8 Å². The Morgan fingerprint density at radius 2 is 1.07 bits per heavy atom. The molecule has 0 atom stereocenters. The van der Waals surface area contributed by atoms with Gasteiger partial charge in [0.1, 0.15) is 0 Å². The first kappa shape index (κ1) is 20.4. The summed E-state index contributed by atoms with van der Waals surface area (Å²) in [5.74, 6) is 0. The fourth-order valence-electron chi connectivity index (χ4n) is 3.19. The van der Waals surface area contributed by atoms with Crippen LogP contribution in [-0.4, -0.2) is 4.89 Å². The van der Waals surface area contributed by atoms with Crippen molar-refractivity contribution >= 4 is 75.3 Å². The van der Waals surface area contributed by atoms with Crippen molar-refractivity contribution in [3.8, 4) is 0 Å². The van der Waals surface area contributed by atoms with Crippen LogP contribution in [0.5, 0.6) is 0 Å². The van der Waals surface area contributed by atoms with Crippen molar-refractivity contribution in [3.05, 3.63) is 91.1 Å². The molecule has 0 amide bonds. The maximum atomic E-state index is 10.3. The van der Waals surface area contributed by atoms with Gasteiger partial charge in [-0.05, 0) is 90.0 Å². The fourth-order valence-corrected chi connectivity index (χ4v) is 4.99. The third-order valence-electron chi connectivity index (χ3n) is 4.61. The average molecular weight is 614 g/mol. The first-order valence-corrected chi connectivity index (χ1v) is 12.0. The molecular weight excluding hydrogens is 597 g/mol. The minimum atomic E-state index is -1.97. The van der Waals surface area contributed by atoms with Gasteiger partial charge in [-0.1, -0.05) is 60.7 Å². The Hall–Kier alpha value is -0.830. The summed E-state index contributed by atoms with van der Waals surface area (Å²) < 4.78 is 13.6. The zero-order valence-electron chi connectivity index (χ0n) is 14.8. The highest BCUT2D eigenvalue weighted by atomic mass is 127. The van der Waals surface area contributed by atoms with E-state index in [1.165, 1.54) is 0 Å². The molecule has 28 heavy (non-hydrogen) atoms. The minimum Gasteiger partial charge on any atom is -0.328 e. The number of hydrogen-bond donors (Lipinski definition) is 1. The summed E-state index contributed by atoms with van der Waals surface area (Å²) in [5.41, 5.74) is 2.15. The Kier molecular flexibility index (Phi) is 6.81. The molecule has 0 aromatic heterocycles. The molecule has 0 spiro atoms. The zero-order valence-corrected chi connectivity index (χ0v) is 20.0. The number of halogens is 2. The van der Waals surface area contributed by atoms with Crippen LogP contribution >= 0.6 is 53.8 Å². The van der Waals surface area contributed by atoms with Gasteiger partial charge in [0.25, 0.3) is 0 Å². The molecule has 1 N–H and O–H groups in total. The van der Waals surface area contributed by atoms with Gasteiger partial charge in [0.2, 0.25) is 0 Å². The smallest absolute Gasteiger partial charge is 0.328 e. The molecule has 0 saturated heterocycles. The van der Waals surface area contributed by atoms with Gasteiger partial charge in [-0.3, -0.25) is 0 Å². The molecule has 4 rings (SSSR count). The maximum absolute atomic E-state index is 10.3. The minimum absolute atomic E-state index is 0.314.